The van der Waals surface area contributed by atoms with Gasteiger partial charge in [-0.2, -0.15) is 0 Å². The fourth-order valence-electron chi connectivity index (χ4n) is 3.40. The van der Waals surface area contributed by atoms with Crippen LogP contribution in [-0.4, -0.2) is 6.54 Å². The molecule has 1 heteroatoms. The lowest BCUT2D eigenvalue weighted by Crippen LogP contribution is -2.22. The third-order valence-corrected chi connectivity index (χ3v) is 4.38. The van der Waals surface area contributed by atoms with Gasteiger partial charge in [-0.25, -0.2) is 0 Å². The van der Waals surface area contributed by atoms with Crippen LogP contribution in [0.4, 0.5) is 0 Å². The minimum absolute atomic E-state index is 0.908. The Balaban J connectivity index is 1.87. The quantitative estimate of drug-likeness (QED) is 0.840. The van der Waals surface area contributed by atoms with Crippen molar-refractivity contribution in [3.63, 3.8) is 0 Å². The zero-order chi connectivity index (χ0) is 13.1. The molecule has 0 aromatic heterocycles. The maximum atomic E-state index is 3.67. The molecule has 2 unspecified atom stereocenters. The Morgan fingerprint density at radius 2 is 1.78 bits per heavy atom. The monoisotopic (exact) mass is 245 g/mol. The summed E-state index contributed by atoms with van der Waals surface area (Å²) in [5.41, 5.74) is 5.73. The molecule has 100 valence electrons. The van der Waals surface area contributed by atoms with Gasteiger partial charge >= 0.3 is 0 Å². The van der Waals surface area contributed by atoms with Gasteiger partial charge in [0.2, 0.25) is 0 Å². The lowest BCUT2D eigenvalue weighted by atomic mass is 9.99. The van der Waals surface area contributed by atoms with Crippen LogP contribution in [0.5, 0.6) is 0 Å². The Bertz CT molecular complexity index is 385. The molecule has 1 fully saturated rings. The largest absolute Gasteiger partial charge is 0.312 e. The van der Waals surface area contributed by atoms with Gasteiger partial charge in [-0.15, -0.1) is 0 Å². The first kappa shape index (κ1) is 13.6. The number of benzene rings is 1. The highest BCUT2D eigenvalue weighted by Crippen LogP contribution is 2.29. The molecule has 1 N–H and O–H groups in total. The molecule has 1 aliphatic carbocycles. The molecule has 1 nitrogen and oxygen atoms in total. The molecular weight excluding hydrogens is 218 g/mol. The molecule has 0 radical (unpaired) electrons. The Kier molecular flexibility index (Phi) is 4.45. The third-order valence-electron chi connectivity index (χ3n) is 4.38. The highest BCUT2D eigenvalue weighted by Gasteiger charge is 2.20. The molecule has 0 heterocycles. The second-order valence-electron chi connectivity index (χ2n) is 6.29. The maximum absolute atomic E-state index is 3.67. The molecule has 18 heavy (non-hydrogen) atoms. The fraction of sp³-hybridized carbons (Fsp3) is 0.647. The van der Waals surface area contributed by atoms with Crippen LogP contribution in [0.15, 0.2) is 12.1 Å². The van der Waals surface area contributed by atoms with Crippen LogP contribution in [0.1, 0.15) is 48.4 Å². The molecule has 1 aromatic carbocycles. The Labute approximate surface area is 112 Å². The van der Waals surface area contributed by atoms with Crippen molar-refractivity contribution in [2.45, 2.75) is 53.5 Å². The first-order valence-electron chi connectivity index (χ1n) is 7.33. The van der Waals surface area contributed by atoms with Crippen molar-refractivity contribution >= 4 is 0 Å². The van der Waals surface area contributed by atoms with Crippen molar-refractivity contribution in [3.05, 3.63) is 34.4 Å². The van der Waals surface area contributed by atoms with Crippen LogP contribution in [-0.2, 0) is 6.54 Å². The Hall–Kier alpha value is -0.820. The van der Waals surface area contributed by atoms with Crippen molar-refractivity contribution in [2.24, 2.45) is 11.8 Å². The van der Waals surface area contributed by atoms with Crippen LogP contribution in [0.25, 0.3) is 0 Å². The van der Waals surface area contributed by atoms with E-state index < -0.39 is 0 Å². The van der Waals surface area contributed by atoms with E-state index in [-0.39, 0.29) is 0 Å². The normalized spacial score (nSPS) is 23.6. The first-order valence-corrected chi connectivity index (χ1v) is 7.33. The van der Waals surface area contributed by atoms with E-state index in [9.17, 15) is 0 Å². The molecule has 0 amide bonds. The molecular formula is C17H27N. The SMILES string of the molecule is Cc1cc(C)c(CNCC2CCC(C)C2)c(C)c1. The van der Waals surface area contributed by atoms with Gasteiger partial charge in [-0.3, -0.25) is 0 Å². The summed E-state index contributed by atoms with van der Waals surface area (Å²) in [5, 5.41) is 3.67. The van der Waals surface area contributed by atoms with Gasteiger partial charge in [0.05, 0.1) is 0 Å². The molecule has 2 rings (SSSR count). The van der Waals surface area contributed by atoms with Crippen LogP contribution < -0.4 is 5.32 Å². The Morgan fingerprint density at radius 1 is 1.11 bits per heavy atom. The molecule has 2 atom stereocenters. The standard InChI is InChI=1S/C17H27N/c1-12-5-6-16(9-12)10-18-11-17-14(3)7-13(2)8-15(17)4/h7-8,12,16,18H,5-6,9-11H2,1-4H3. The lowest BCUT2D eigenvalue weighted by molar-refractivity contribution is 0.470. The van der Waals surface area contributed by atoms with Crippen molar-refractivity contribution < 1.29 is 0 Å². The average molecular weight is 245 g/mol. The van der Waals surface area contributed by atoms with Gasteiger partial charge in [0, 0.05) is 6.54 Å². The molecule has 0 saturated heterocycles. The number of nitrogens with one attached hydrogen (secondary N) is 1. The molecule has 1 aromatic rings. The molecule has 0 spiro atoms. The molecule has 1 saturated carbocycles. The van der Waals surface area contributed by atoms with E-state index in [1.807, 2.05) is 0 Å². The van der Waals surface area contributed by atoms with E-state index in [4.69, 9.17) is 0 Å². The predicted molar refractivity (Wildman–Crippen MR) is 78.9 cm³/mol. The fourth-order valence-corrected chi connectivity index (χ4v) is 3.40. The third kappa shape index (κ3) is 3.35. The number of hydrogen-bond acceptors (Lipinski definition) is 1. The summed E-state index contributed by atoms with van der Waals surface area (Å²) in [6, 6.07) is 4.59. The highest BCUT2D eigenvalue weighted by molar-refractivity contribution is 5.37. The average Bonchev–Trinajstić information content (AvgIpc) is 2.68. The van der Waals surface area contributed by atoms with Crippen LogP contribution in [0, 0.1) is 32.6 Å². The van der Waals surface area contributed by atoms with E-state index in [2.05, 4.69) is 45.1 Å². The highest BCUT2D eigenvalue weighted by atomic mass is 14.9. The molecule has 0 aliphatic heterocycles. The second-order valence-corrected chi connectivity index (χ2v) is 6.29. The van der Waals surface area contributed by atoms with Crippen molar-refractivity contribution in [2.75, 3.05) is 6.54 Å². The summed E-state index contributed by atoms with van der Waals surface area (Å²) in [6.07, 6.45) is 4.26. The van der Waals surface area contributed by atoms with Crippen LogP contribution in [0.3, 0.4) is 0 Å². The van der Waals surface area contributed by atoms with Gasteiger partial charge < -0.3 is 5.32 Å². The van der Waals surface area contributed by atoms with Crippen LogP contribution >= 0.6 is 0 Å². The van der Waals surface area contributed by atoms with Gasteiger partial charge in [0.15, 0.2) is 0 Å². The molecule has 0 bridgehead atoms. The zero-order valence-electron chi connectivity index (χ0n) is 12.3. The first-order chi connectivity index (χ1) is 8.56. The number of hydrogen-bond donors (Lipinski definition) is 1. The number of rotatable bonds is 4. The van der Waals surface area contributed by atoms with Gasteiger partial charge in [0.1, 0.15) is 0 Å². The van der Waals surface area contributed by atoms with E-state index >= 15 is 0 Å². The van der Waals surface area contributed by atoms with Gasteiger partial charge in [-0.05, 0) is 68.7 Å². The summed E-state index contributed by atoms with van der Waals surface area (Å²) in [4.78, 5) is 0. The topological polar surface area (TPSA) is 12.0 Å². The van der Waals surface area contributed by atoms with Gasteiger partial charge in [0.25, 0.3) is 0 Å². The summed E-state index contributed by atoms with van der Waals surface area (Å²) >= 11 is 0. The summed E-state index contributed by atoms with van der Waals surface area (Å²) in [5.74, 6) is 1.85. The zero-order valence-corrected chi connectivity index (χ0v) is 12.3. The van der Waals surface area contributed by atoms with Crippen molar-refractivity contribution in [1.82, 2.24) is 5.32 Å². The van der Waals surface area contributed by atoms with E-state index in [0.717, 1.165) is 18.4 Å². The molecule has 1 aliphatic rings. The van der Waals surface area contributed by atoms with E-state index in [1.165, 1.54) is 48.1 Å². The second kappa shape index (κ2) is 5.88. The number of aryl methyl sites for hydroxylation is 3. The van der Waals surface area contributed by atoms with Crippen molar-refractivity contribution in [3.8, 4) is 0 Å². The maximum Gasteiger partial charge on any atom is 0.0210 e. The van der Waals surface area contributed by atoms with E-state index in [0.29, 0.717) is 0 Å². The summed E-state index contributed by atoms with van der Waals surface area (Å²) < 4.78 is 0. The Morgan fingerprint density at radius 3 is 2.33 bits per heavy atom. The van der Waals surface area contributed by atoms with Crippen molar-refractivity contribution in [1.29, 1.82) is 0 Å². The minimum atomic E-state index is 0.908. The summed E-state index contributed by atoms with van der Waals surface area (Å²) in [7, 11) is 0. The van der Waals surface area contributed by atoms with Crippen LogP contribution in [0.2, 0.25) is 0 Å². The van der Waals surface area contributed by atoms with Gasteiger partial charge in [-0.1, -0.05) is 31.0 Å². The minimum Gasteiger partial charge on any atom is -0.312 e. The smallest absolute Gasteiger partial charge is 0.0210 e. The summed E-state index contributed by atoms with van der Waals surface area (Å²) in [6.45, 7) is 11.2. The lowest BCUT2D eigenvalue weighted by Gasteiger charge is -2.15. The predicted octanol–water partition coefficient (Wildman–Crippen LogP) is 4.14. The van der Waals surface area contributed by atoms with E-state index in [1.54, 1.807) is 0 Å².